The first-order valence-electron chi connectivity index (χ1n) is 7.44. The van der Waals surface area contributed by atoms with E-state index >= 15 is 0 Å². The van der Waals surface area contributed by atoms with E-state index in [4.69, 9.17) is 5.73 Å². The molecule has 3 aromatic rings. The molecule has 0 aliphatic heterocycles. The summed E-state index contributed by atoms with van der Waals surface area (Å²) in [7, 11) is 0. The van der Waals surface area contributed by atoms with E-state index in [-0.39, 0.29) is 11.2 Å². The van der Waals surface area contributed by atoms with Gasteiger partial charge in [-0.05, 0) is 37.8 Å². The summed E-state index contributed by atoms with van der Waals surface area (Å²) in [6.45, 7) is 5.89. The SMILES string of the molecule is Cc1sc2ncnc(S[C@@H](C)C(=O)Nc3sccc3C(N)=O)c2c1C. The van der Waals surface area contributed by atoms with Gasteiger partial charge in [-0.1, -0.05) is 11.8 Å². The molecule has 0 radical (unpaired) electrons. The second-order valence-corrected chi connectivity index (χ2v) is 8.87. The van der Waals surface area contributed by atoms with Gasteiger partial charge in [0.15, 0.2) is 0 Å². The highest BCUT2D eigenvalue weighted by Crippen LogP contribution is 2.36. The number of rotatable bonds is 5. The normalized spacial score (nSPS) is 12.3. The van der Waals surface area contributed by atoms with E-state index < -0.39 is 5.91 Å². The molecule has 0 bridgehead atoms. The van der Waals surface area contributed by atoms with Gasteiger partial charge in [0.25, 0.3) is 5.91 Å². The zero-order valence-corrected chi connectivity index (χ0v) is 16.3. The van der Waals surface area contributed by atoms with Crippen LogP contribution in [0.2, 0.25) is 0 Å². The molecular weight excluding hydrogens is 376 g/mol. The number of hydrogen-bond acceptors (Lipinski definition) is 7. The number of amides is 2. The van der Waals surface area contributed by atoms with Gasteiger partial charge >= 0.3 is 0 Å². The van der Waals surface area contributed by atoms with Crippen molar-refractivity contribution in [2.45, 2.75) is 31.0 Å². The Kier molecular flexibility index (Phi) is 5.07. The molecule has 0 aliphatic carbocycles. The van der Waals surface area contributed by atoms with Gasteiger partial charge in [-0.3, -0.25) is 9.59 Å². The van der Waals surface area contributed by atoms with Gasteiger partial charge in [-0.2, -0.15) is 0 Å². The Morgan fingerprint density at radius 1 is 1.32 bits per heavy atom. The fraction of sp³-hybridized carbons (Fsp3) is 0.250. The van der Waals surface area contributed by atoms with Crippen molar-refractivity contribution in [1.29, 1.82) is 0 Å². The van der Waals surface area contributed by atoms with Crippen molar-refractivity contribution in [2.24, 2.45) is 5.73 Å². The third-order valence-electron chi connectivity index (χ3n) is 3.76. The number of thiophene rings is 2. The molecule has 0 saturated heterocycles. The second-order valence-electron chi connectivity index (χ2n) is 5.42. The van der Waals surface area contributed by atoms with Crippen LogP contribution in [-0.2, 0) is 4.79 Å². The summed E-state index contributed by atoms with van der Waals surface area (Å²) < 4.78 is 0. The average molecular weight is 393 g/mol. The number of carbonyl (C=O) groups excluding carboxylic acids is 2. The lowest BCUT2D eigenvalue weighted by Crippen LogP contribution is -2.23. The van der Waals surface area contributed by atoms with Gasteiger partial charge in [0.05, 0.1) is 10.8 Å². The smallest absolute Gasteiger partial charge is 0.251 e. The Hall–Kier alpha value is -1.97. The molecule has 130 valence electrons. The fourth-order valence-corrected chi connectivity index (χ4v) is 5.11. The highest BCUT2D eigenvalue weighted by atomic mass is 32.2. The van der Waals surface area contributed by atoms with Crippen LogP contribution in [0.5, 0.6) is 0 Å². The highest BCUT2D eigenvalue weighted by molar-refractivity contribution is 8.00. The van der Waals surface area contributed by atoms with Gasteiger partial charge in [-0.25, -0.2) is 9.97 Å². The highest BCUT2D eigenvalue weighted by Gasteiger charge is 2.21. The number of nitrogens with zero attached hydrogens (tertiary/aromatic N) is 2. The average Bonchev–Trinajstić information content (AvgIpc) is 3.13. The van der Waals surface area contributed by atoms with E-state index in [2.05, 4.69) is 22.2 Å². The molecule has 3 heterocycles. The molecule has 3 N–H and O–H groups in total. The van der Waals surface area contributed by atoms with E-state index in [0.29, 0.717) is 10.6 Å². The third-order valence-corrected chi connectivity index (χ3v) is 6.80. The fourth-order valence-electron chi connectivity index (χ4n) is 2.27. The molecular formula is C16H16N4O2S3. The zero-order chi connectivity index (χ0) is 18.1. The Morgan fingerprint density at radius 2 is 2.08 bits per heavy atom. The molecule has 1 atom stereocenters. The molecule has 6 nitrogen and oxygen atoms in total. The van der Waals surface area contributed by atoms with Crippen molar-refractivity contribution in [3.05, 3.63) is 33.8 Å². The van der Waals surface area contributed by atoms with Crippen LogP contribution >= 0.6 is 34.4 Å². The van der Waals surface area contributed by atoms with E-state index in [1.165, 1.54) is 34.3 Å². The first kappa shape index (κ1) is 17.8. The largest absolute Gasteiger partial charge is 0.366 e. The topological polar surface area (TPSA) is 98.0 Å². The van der Waals surface area contributed by atoms with Crippen molar-refractivity contribution in [3.63, 3.8) is 0 Å². The standard InChI is InChI=1S/C16H16N4O2S3/c1-7-8(2)24-15-11(7)16(19-6-18-15)25-9(3)13(22)20-14-10(12(17)21)4-5-23-14/h4-6,9H,1-3H3,(H2,17,21)(H,20,22)/t9-/m0/s1. The molecule has 0 fully saturated rings. The summed E-state index contributed by atoms with van der Waals surface area (Å²) in [5.41, 5.74) is 6.78. The summed E-state index contributed by atoms with van der Waals surface area (Å²) in [4.78, 5) is 34.6. The van der Waals surface area contributed by atoms with E-state index in [0.717, 1.165) is 20.8 Å². The molecule has 0 aliphatic rings. The van der Waals surface area contributed by atoms with Crippen LogP contribution < -0.4 is 11.1 Å². The summed E-state index contributed by atoms with van der Waals surface area (Å²) in [5.74, 6) is -0.759. The molecule has 0 unspecified atom stereocenters. The number of thioether (sulfide) groups is 1. The van der Waals surface area contributed by atoms with Crippen molar-refractivity contribution in [3.8, 4) is 0 Å². The third kappa shape index (κ3) is 3.53. The Bertz CT molecular complexity index is 964. The van der Waals surface area contributed by atoms with Crippen molar-refractivity contribution in [1.82, 2.24) is 9.97 Å². The minimum atomic E-state index is -0.557. The van der Waals surface area contributed by atoms with Crippen LogP contribution in [0.3, 0.4) is 0 Å². The number of hydrogen-bond donors (Lipinski definition) is 2. The first-order valence-corrected chi connectivity index (χ1v) is 10.0. The number of primary amides is 1. The maximum Gasteiger partial charge on any atom is 0.251 e. The number of nitrogens with two attached hydrogens (primary N) is 1. The van der Waals surface area contributed by atoms with Gasteiger partial charge in [0.2, 0.25) is 5.91 Å². The molecule has 0 saturated carbocycles. The molecule has 3 rings (SSSR count). The molecule has 9 heteroatoms. The number of aromatic nitrogens is 2. The number of anilines is 1. The summed E-state index contributed by atoms with van der Waals surface area (Å²) >= 11 is 4.27. The Labute approximate surface area is 156 Å². The van der Waals surface area contributed by atoms with E-state index in [1.807, 2.05) is 6.92 Å². The molecule has 2 amide bonds. The van der Waals surface area contributed by atoms with Crippen molar-refractivity contribution >= 4 is 61.5 Å². The number of nitrogens with one attached hydrogen (secondary N) is 1. The van der Waals surface area contributed by atoms with Crippen LogP contribution in [0.25, 0.3) is 10.2 Å². The van der Waals surface area contributed by atoms with Gasteiger partial charge in [0, 0.05) is 10.3 Å². The number of carbonyl (C=O) groups is 2. The lowest BCUT2D eigenvalue weighted by atomic mass is 10.2. The predicted molar refractivity (Wildman–Crippen MR) is 104 cm³/mol. The van der Waals surface area contributed by atoms with Crippen LogP contribution in [0.4, 0.5) is 5.00 Å². The minimum absolute atomic E-state index is 0.202. The molecule has 25 heavy (non-hydrogen) atoms. The van der Waals surface area contributed by atoms with Crippen LogP contribution in [0.1, 0.15) is 27.7 Å². The van der Waals surface area contributed by atoms with Crippen molar-refractivity contribution < 1.29 is 9.59 Å². The predicted octanol–water partition coefficient (Wildman–Crippen LogP) is 3.59. The van der Waals surface area contributed by atoms with Crippen molar-refractivity contribution in [2.75, 3.05) is 5.32 Å². The monoisotopic (exact) mass is 392 g/mol. The summed E-state index contributed by atoms with van der Waals surface area (Å²) in [6, 6.07) is 1.60. The van der Waals surface area contributed by atoms with E-state index in [1.54, 1.807) is 29.7 Å². The molecule has 0 aromatic carbocycles. The zero-order valence-electron chi connectivity index (χ0n) is 13.8. The molecule has 0 spiro atoms. The summed E-state index contributed by atoms with van der Waals surface area (Å²) in [6.07, 6.45) is 1.52. The van der Waals surface area contributed by atoms with Gasteiger partial charge in [-0.15, -0.1) is 22.7 Å². The summed E-state index contributed by atoms with van der Waals surface area (Å²) in [5, 5.41) is 6.37. The minimum Gasteiger partial charge on any atom is -0.366 e. The maximum absolute atomic E-state index is 12.5. The van der Waals surface area contributed by atoms with Crippen LogP contribution in [0, 0.1) is 13.8 Å². The Balaban J connectivity index is 1.80. The van der Waals surface area contributed by atoms with Crippen LogP contribution in [-0.4, -0.2) is 27.0 Å². The second kappa shape index (κ2) is 7.11. The lowest BCUT2D eigenvalue weighted by Gasteiger charge is -2.12. The number of aryl methyl sites for hydroxylation is 2. The lowest BCUT2D eigenvalue weighted by molar-refractivity contribution is -0.115. The maximum atomic E-state index is 12.5. The van der Waals surface area contributed by atoms with Gasteiger partial charge in [0.1, 0.15) is 21.2 Å². The Morgan fingerprint density at radius 3 is 2.80 bits per heavy atom. The van der Waals surface area contributed by atoms with E-state index in [9.17, 15) is 9.59 Å². The quantitative estimate of drug-likeness (QED) is 0.511. The number of fused-ring (bicyclic) bond motifs is 1. The van der Waals surface area contributed by atoms with Gasteiger partial charge < -0.3 is 11.1 Å². The van der Waals surface area contributed by atoms with Crippen LogP contribution in [0.15, 0.2) is 22.8 Å². The first-order chi connectivity index (χ1) is 11.9. The molecule has 3 aromatic heterocycles.